The molecule has 3 rings (SSSR count). The number of nitrogens with zero attached hydrogens (tertiary/aromatic N) is 3. The molecule has 0 aliphatic carbocycles. The van der Waals surface area contributed by atoms with Crippen molar-refractivity contribution in [3.63, 3.8) is 0 Å². The van der Waals surface area contributed by atoms with Gasteiger partial charge in [0, 0.05) is 11.6 Å². The first-order valence-electron chi connectivity index (χ1n) is 6.74. The standard InChI is InChI=1S/C16H13ClN4O/c1-10-7-19-12(8-18-10)9-20-16(22)14-6-5-11-3-2-4-13(17)15(11)21-14/h2-8H,9H2,1H3,(H,20,22). The molecular formula is C16H13ClN4O. The second kappa shape index (κ2) is 6.07. The first-order chi connectivity index (χ1) is 10.6. The molecule has 0 unspecified atom stereocenters. The molecule has 0 aliphatic heterocycles. The van der Waals surface area contributed by atoms with Crippen LogP contribution in [-0.4, -0.2) is 20.9 Å². The number of aryl methyl sites for hydroxylation is 1. The molecule has 0 bridgehead atoms. The molecule has 1 amide bonds. The third-order valence-corrected chi connectivity index (χ3v) is 3.47. The van der Waals surface area contributed by atoms with E-state index in [1.807, 2.05) is 25.1 Å². The molecule has 5 nitrogen and oxygen atoms in total. The number of amides is 1. The largest absolute Gasteiger partial charge is 0.345 e. The van der Waals surface area contributed by atoms with E-state index in [0.717, 1.165) is 11.1 Å². The number of halogens is 1. The number of pyridine rings is 1. The maximum Gasteiger partial charge on any atom is 0.270 e. The third-order valence-electron chi connectivity index (χ3n) is 3.17. The summed E-state index contributed by atoms with van der Waals surface area (Å²) in [5.41, 5.74) is 2.46. The molecule has 0 fully saturated rings. The molecule has 22 heavy (non-hydrogen) atoms. The van der Waals surface area contributed by atoms with Gasteiger partial charge in [-0.25, -0.2) is 4.98 Å². The zero-order valence-electron chi connectivity index (χ0n) is 11.9. The molecule has 0 saturated carbocycles. The van der Waals surface area contributed by atoms with Gasteiger partial charge in [0.05, 0.1) is 34.7 Å². The van der Waals surface area contributed by atoms with Gasteiger partial charge in [0.1, 0.15) is 5.69 Å². The summed E-state index contributed by atoms with van der Waals surface area (Å²) in [6.45, 7) is 2.16. The fraction of sp³-hybridized carbons (Fsp3) is 0.125. The minimum Gasteiger partial charge on any atom is -0.345 e. The van der Waals surface area contributed by atoms with E-state index in [2.05, 4.69) is 20.3 Å². The summed E-state index contributed by atoms with van der Waals surface area (Å²) in [5.74, 6) is -0.274. The van der Waals surface area contributed by atoms with Crippen molar-refractivity contribution in [3.05, 3.63) is 64.8 Å². The monoisotopic (exact) mass is 312 g/mol. The Hall–Kier alpha value is -2.53. The number of aromatic nitrogens is 3. The van der Waals surface area contributed by atoms with E-state index in [1.54, 1.807) is 24.5 Å². The van der Waals surface area contributed by atoms with E-state index in [-0.39, 0.29) is 5.91 Å². The fourth-order valence-electron chi connectivity index (χ4n) is 2.01. The van der Waals surface area contributed by atoms with Gasteiger partial charge < -0.3 is 5.32 Å². The van der Waals surface area contributed by atoms with Gasteiger partial charge in [-0.3, -0.25) is 14.8 Å². The Kier molecular flexibility index (Phi) is 3.98. The van der Waals surface area contributed by atoms with Crippen molar-refractivity contribution < 1.29 is 4.79 Å². The number of carbonyl (C=O) groups is 1. The molecule has 2 aromatic heterocycles. The highest BCUT2D eigenvalue weighted by atomic mass is 35.5. The van der Waals surface area contributed by atoms with Gasteiger partial charge in [0.25, 0.3) is 5.91 Å². The maximum atomic E-state index is 12.2. The number of benzene rings is 1. The Labute approximate surface area is 132 Å². The third kappa shape index (κ3) is 3.04. The van der Waals surface area contributed by atoms with Crippen LogP contribution < -0.4 is 5.32 Å². The maximum absolute atomic E-state index is 12.2. The van der Waals surface area contributed by atoms with Crippen LogP contribution >= 0.6 is 11.6 Å². The Balaban J connectivity index is 1.77. The summed E-state index contributed by atoms with van der Waals surface area (Å²) in [5, 5.41) is 4.19. The molecule has 0 atom stereocenters. The van der Waals surface area contributed by atoms with Crippen LogP contribution in [0.4, 0.5) is 0 Å². The Bertz CT molecular complexity index is 833. The average molecular weight is 313 g/mol. The summed E-state index contributed by atoms with van der Waals surface area (Å²) < 4.78 is 0. The quantitative estimate of drug-likeness (QED) is 0.807. The summed E-state index contributed by atoms with van der Waals surface area (Å²) in [6, 6.07) is 9.00. The highest BCUT2D eigenvalue weighted by Gasteiger charge is 2.09. The molecule has 2 heterocycles. The SMILES string of the molecule is Cc1cnc(CNC(=O)c2ccc3cccc(Cl)c3n2)cn1. The van der Waals surface area contributed by atoms with Crippen LogP contribution in [0.5, 0.6) is 0 Å². The number of carbonyl (C=O) groups excluding carboxylic acids is 1. The number of nitrogens with one attached hydrogen (secondary N) is 1. The van der Waals surface area contributed by atoms with E-state index >= 15 is 0 Å². The second-order valence-corrected chi connectivity index (χ2v) is 5.25. The molecule has 0 radical (unpaired) electrons. The van der Waals surface area contributed by atoms with Gasteiger partial charge in [0.2, 0.25) is 0 Å². The molecule has 1 N–H and O–H groups in total. The molecular weight excluding hydrogens is 300 g/mol. The zero-order valence-corrected chi connectivity index (χ0v) is 12.6. The van der Waals surface area contributed by atoms with E-state index in [4.69, 9.17) is 11.6 Å². The minimum absolute atomic E-state index is 0.274. The predicted octanol–water partition coefficient (Wildman–Crippen LogP) is 2.92. The molecule has 0 spiro atoms. The van der Waals surface area contributed by atoms with Crippen molar-refractivity contribution in [2.24, 2.45) is 0 Å². The number of fused-ring (bicyclic) bond motifs is 1. The lowest BCUT2D eigenvalue weighted by molar-refractivity contribution is 0.0946. The lowest BCUT2D eigenvalue weighted by Crippen LogP contribution is -2.24. The minimum atomic E-state index is -0.274. The predicted molar refractivity (Wildman–Crippen MR) is 84.7 cm³/mol. The summed E-state index contributed by atoms with van der Waals surface area (Å²) >= 11 is 6.11. The average Bonchev–Trinajstić information content (AvgIpc) is 2.54. The molecule has 110 valence electrons. The fourth-order valence-corrected chi connectivity index (χ4v) is 2.23. The number of rotatable bonds is 3. The topological polar surface area (TPSA) is 67.8 Å². The summed E-state index contributed by atoms with van der Waals surface area (Å²) in [7, 11) is 0. The Morgan fingerprint density at radius 1 is 1.18 bits per heavy atom. The van der Waals surface area contributed by atoms with Crippen LogP contribution in [0.1, 0.15) is 21.9 Å². The summed E-state index contributed by atoms with van der Waals surface area (Å²) in [4.78, 5) is 24.8. The van der Waals surface area contributed by atoms with Crippen molar-refractivity contribution in [1.82, 2.24) is 20.3 Å². The van der Waals surface area contributed by atoms with Crippen molar-refractivity contribution in [1.29, 1.82) is 0 Å². The van der Waals surface area contributed by atoms with Crippen LogP contribution in [0.3, 0.4) is 0 Å². The highest BCUT2D eigenvalue weighted by Crippen LogP contribution is 2.21. The molecule has 3 aromatic rings. The lowest BCUT2D eigenvalue weighted by Gasteiger charge is -2.06. The zero-order chi connectivity index (χ0) is 15.5. The van der Waals surface area contributed by atoms with Gasteiger partial charge in [-0.2, -0.15) is 0 Å². The molecule has 6 heteroatoms. The molecule has 1 aromatic carbocycles. The first kappa shape index (κ1) is 14.4. The van der Waals surface area contributed by atoms with Gasteiger partial charge in [-0.15, -0.1) is 0 Å². The molecule has 0 saturated heterocycles. The normalized spacial score (nSPS) is 10.6. The first-order valence-corrected chi connectivity index (χ1v) is 7.12. The Morgan fingerprint density at radius 3 is 2.82 bits per heavy atom. The molecule has 0 aliphatic rings. The van der Waals surface area contributed by atoms with E-state index < -0.39 is 0 Å². The number of hydrogen-bond donors (Lipinski definition) is 1. The van der Waals surface area contributed by atoms with Crippen LogP contribution in [0.15, 0.2) is 42.7 Å². The van der Waals surface area contributed by atoms with Crippen molar-refractivity contribution in [2.45, 2.75) is 13.5 Å². The van der Waals surface area contributed by atoms with Gasteiger partial charge in [0.15, 0.2) is 0 Å². The van der Waals surface area contributed by atoms with Crippen LogP contribution in [-0.2, 0) is 6.54 Å². The van der Waals surface area contributed by atoms with Crippen molar-refractivity contribution in [3.8, 4) is 0 Å². The van der Waals surface area contributed by atoms with Crippen molar-refractivity contribution >= 4 is 28.4 Å². The van der Waals surface area contributed by atoms with E-state index in [1.165, 1.54) is 0 Å². The van der Waals surface area contributed by atoms with Crippen LogP contribution in [0, 0.1) is 6.92 Å². The van der Waals surface area contributed by atoms with E-state index in [9.17, 15) is 4.79 Å². The second-order valence-electron chi connectivity index (χ2n) is 4.84. The van der Waals surface area contributed by atoms with Crippen LogP contribution in [0.25, 0.3) is 10.9 Å². The van der Waals surface area contributed by atoms with Crippen molar-refractivity contribution in [2.75, 3.05) is 0 Å². The van der Waals surface area contributed by atoms with E-state index in [0.29, 0.717) is 28.5 Å². The lowest BCUT2D eigenvalue weighted by atomic mass is 10.2. The number of para-hydroxylation sites is 1. The Morgan fingerprint density at radius 2 is 2.05 bits per heavy atom. The smallest absolute Gasteiger partial charge is 0.270 e. The van der Waals surface area contributed by atoms with Gasteiger partial charge in [-0.1, -0.05) is 29.8 Å². The summed E-state index contributed by atoms with van der Waals surface area (Å²) in [6.07, 6.45) is 3.30. The van der Waals surface area contributed by atoms with Gasteiger partial charge in [-0.05, 0) is 19.1 Å². The van der Waals surface area contributed by atoms with Gasteiger partial charge >= 0.3 is 0 Å². The highest BCUT2D eigenvalue weighted by molar-refractivity contribution is 6.35. The van der Waals surface area contributed by atoms with Crippen LogP contribution in [0.2, 0.25) is 5.02 Å². The number of hydrogen-bond acceptors (Lipinski definition) is 4.